The van der Waals surface area contributed by atoms with Gasteiger partial charge in [-0.3, -0.25) is 0 Å². The number of benzene rings is 2. The second kappa shape index (κ2) is 8.07. The normalized spacial score (nSPS) is 12.8. The maximum atomic E-state index is 14.4. The van der Waals surface area contributed by atoms with E-state index < -0.39 is 52.6 Å². The first kappa shape index (κ1) is 24.2. The molecule has 0 spiro atoms. The van der Waals surface area contributed by atoms with Crippen LogP contribution < -0.4 is 0 Å². The Morgan fingerprint density at radius 3 is 2.29 bits per heavy atom. The maximum Gasteiger partial charge on any atom is 0.418 e. The molecule has 0 unspecified atom stereocenters. The van der Waals surface area contributed by atoms with Crippen LogP contribution in [0.4, 0.5) is 35.1 Å². The molecule has 4 aromatic rings. The molecule has 0 atom stereocenters. The van der Waals surface area contributed by atoms with Crippen molar-refractivity contribution in [1.29, 1.82) is 5.26 Å². The van der Waals surface area contributed by atoms with Crippen molar-refractivity contribution < 1.29 is 39.6 Å². The average molecular weight is 500 g/mol. The first-order chi connectivity index (χ1) is 16.2. The number of hydrogen-bond donors (Lipinski definition) is 0. The summed E-state index contributed by atoms with van der Waals surface area (Å²) in [5.74, 6) is -4.20. The molecular formula is C22H12F8N4O. The molecule has 35 heavy (non-hydrogen) atoms. The Morgan fingerprint density at radius 1 is 0.971 bits per heavy atom. The van der Waals surface area contributed by atoms with E-state index in [1.165, 1.54) is 12.1 Å². The molecule has 4 rings (SSSR count). The molecule has 0 bridgehead atoms. The molecule has 0 fully saturated rings. The fraction of sp³-hybridized carbons (Fsp3) is 0.227. The van der Waals surface area contributed by atoms with Crippen molar-refractivity contribution in [1.82, 2.24) is 14.7 Å². The summed E-state index contributed by atoms with van der Waals surface area (Å²) in [5, 5.41) is 12.1. The minimum absolute atomic E-state index is 0.0880. The molecule has 0 aliphatic rings. The van der Waals surface area contributed by atoms with Crippen molar-refractivity contribution in [3.05, 3.63) is 70.7 Å². The Balaban J connectivity index is 1.82. The van der Waals surface area contributed by atoms with Gasteiger partial charge in [-0.1, -0.05) is 11.2 Å². The van der Waals surface area contributed by atoms with Crippen molar-refractivity contribution in [3.8, 4) is 17.5 Å². The van der Waals surface area contributed by atoms with Gasteiger partial charge in [0, 0.05) is 23.4 Å². The molecule has 182 valence electrons. The first-order valence-electron chi connectivity index (χ1n) is 9.72. The van der Waals surface area contributed by atoms with Crippen LogP contribution in [-0.4, -0.2) is 14.7 Å². The molecule has 0 radical (unpaired) electrons. The molecule has 0 amide bonds. The van der Waals surface area contributed by atoms with E-state index in [2.05, 4.69) is 10.1 Å². The Kier molecular flexibility index (Phi) is 5.58. The van der Waals surface area contributed by atoms with Crippen molar-refractivity contribution in [3.63, 3.8) is 0 Å². The van der Waals surface area contributed by atoms with Gasteiger partial charge in [0.05, 0.1) is 35.0 Å². The van der Waals surface area contributed by atoms with E-state index in [0.717, 1.165) is 34.9 Å². The second-order valence-electron chi connectivity index (χ2n) is 7.63. The lowest BCUT2D eigenvalue weighted by Gasteiger charge is -2.14. The number of fused-ring (bicyclic) bond motifs is 1. The first-order valence-corrected chi connectivity index (χ1v) is 9.72. The van der Waals surface area contributed by atoms with Crippen LogP contribution in [0.5, 0.6) is 0 Å². The van der Waals surface area contributed by atoms with Crippen molar-refractivity contribution in [2.24, 2.45) is 0 Å². The van der Waals surface area contributed by atoms with Gasteiger partial charge >= 0.3 is 12.4 Å². The summed E-state index contributed by atoms with van der Waals surface area (Å²) < 4.78 is 114. The smallest absolute Gasteiger partial charge is 0.334 e. The molecular weight excluding hydrogens is 488 g/mol. The third-order valence-electron chi connectivity index (χ3n) is 5.14. The molecule has 2 aromatic carbocycles. The molecule has 0 aliphatic carbocycles. The van der Waals surface area contributed by atoms with Gasteiger partial charge in [0.25, 0.3) is 11.8 Å². The van der Waals surface area contributed by atoms with Crippen LogP contribution in [0.1, 0.15) is 35.1 Å². The minimum atomic E-state index is -5.00. The highest BCUT2D eigenvalue weighted by atomic mass is 19.4. The van der Waals surface area contributed by atoms with E-state index in [4.69, 9.17) is 9.78 Å². The fourth-order valence-corrected chi connectivity index (χ4v) is 3.67. The monoisotopic (exact) mass is 500 g/mol. The summed E-state index contributed by atoms with van der Waals surface area (Å²) in [7, 11) is 0. The summed E-state index contributed by atoms with van der Waals surface area (Å²) in [6, 6.07) is 7.98. The third kappa shape index (κ3) is 4.55. The van der Waals surface area contributed by atoms with Crippen LogP contribution in [0.3, 0.4) is 0 Å². The van der Waals surface area contributed by atoms with Crippen LogP contribution in [0, 0.1) is 11.3 Å². The number of halogens is 8. The van der Waals surface area contributed by atoms with E-state index in [1.54, 1.807) is 0 Å². The highest BCUT2D eigenvalue weighted by Gasteiger charge is 2.39. The molecule has 0 N–H and O–H groups in total. The lowest BCUT2D eigenvalue weighted by Crippen LogP contribution is -2.16. The molecule has 0 aliphatic heterocycles. The number of nitrogens with zero attached hydrogens (tertiary/aromatic N) is 4. The maximum absolute atomic E-state index is 14.4. The Labute approximate surface area is 191 Å². The highest BCUT2D eigenvalue weighted by Crippen LogP contribution is 2.41. The van der Waals surface area contributed by atoms with Crippen LogP contribution in [0.25, 0.3) is 22.4 Å². The van der Waals surface area contributed by atoms with Crippen LogP contribution in [0.15, 0.2) is 47.0 Å². The van der Waals surface area contributed by atoms with Crippen LogP contribution in [-0.2, 0) is 24.8 Å². The number of hydrogen-bond acceptors (Lipinski definition) is 4. The van der Waals surface area contributed by atoms with E-state index in [9.17, 15) is 35.1 Å². The van der Waals surface area contributed by atoms with Crippen molar-refractivity contribution in [2.45, 2.75) is 31.7 Å². The van der Waals surface area contributed by atoms with E-state index in [-0.39, 0.29) is 22.8 Å². The quantitative estimate of drug-likeness (QED) is 0.291. The summed E-state index contributed by atoms with van der Waals surface area (Å²) in [6.07, 6.45) is -9.64. The summed E-state index contributed by atoms with van der Waals surface area (Å²) in [6.45, 7) is -0.0889. The van der Waals surface area contributed by atoms with E-state index >= 15 is 0 Å². The molecule has 0 saturated carbocycles. The zero-order valence-electron chi connectivity index (χ0n) is 17.5. The predicted molar refractivity (Wildman–Crippen MR) is 105 cm³/mol. The zero-order valence-corrected chi connectivity index (χ0v) is 17.5. The largest absolute Gasteiger partial charge is 0.418 e. The number of rotatable bonds is 4. The Bertz CT molecular complexity index is 1450. The lowest BCUT2D eigenvalue weighted by molar-refractivity contribution is -0.138. The van der Waals surface area contributed by atoms with Gasteiger partial charge in [-0.25, -0.2) is 8.78 Å². The van der Waals surface area contributed by atoms with Gasteiger partial charge in [-0.05, 0) is 36.4 Å². The van der Waals surface area contributed by atoms with Crippen molar-refractivity contribution in [2.75, 3.05) is 0 Å². The van der Waals surface area contributed by atoms with E-state index in [0.29, 0.717) is 13.0 Å². The SMILES string of the molecule is CC(F)(F)c1cc2c(C(F)(F)F)c(C#N)ccc2n1Cc1noc(-c2cccc(C(F)(F)F)c2)n1. The third-order valence-corrected chi connectivity index (χ3v) is 5.14. The second-order valence-corrected chi connectivity index (χ2v) is 7.63. The number of alkyl halides is 8. The minimum Gasteiger partial charge on any atom is -0.334 e. The van der Waals surface area contributed by atoms with E-state index in [1.807, 2.05) is 0 Å². The highest BCUT2D eigenvalue weighted by molar-refractivity contribution is 5.87. The Morgan fingerprint density at radius 2 is 1.69 bits per heavy atom. The zero-order chi connectivity index (χ0) is 25.8. The lowest BCUT2D eigenvalue weighted by atomic mass is 10.0. The average Bonchev–Trinajstić information content (AvgIpc) is 3.37. The summed E-state index contributed by atoms with van der Waals surface area (Å²) in [4.78, 5) is 3.93. The predicted octanol–water partition coefficient (Wildman–Crippen LogP) is 6.76. The molecule has 13 heteroatoms. The van der Waals surface area contributed by atoms with Gasteiger partial charge in [0.15, 0.2) is 5.82 Å². The standard InChI is InChI=1S/C22H12F8N4O/c1-20(23,24)16-8-14-15(6-5-12(9-31)18(14)22(28,29)30)34(16)10-17-32-19(35-33-17)11-3-2-4-13(7-11)21(25,26)27/h2-8H,10H2,1H3. The summed E-state index contributed by atoms with van der Waals surface area (Å²) >= 11 is 0. The van der Waals surface area contributed by atoms with Gasteiger partial charge in [-0.15, -0.1) is 0 Å². The van der Waals surface area contributed by atoms with Gasteiger partial charge in [-0.2, -0.15) is 36.6 Å². The molecule has 5 nitrogen and oxygen atoms in total. The molecule has 2 aromatic heterocycles. The van der Waals surface area contributed by atoms with Crippen molar-refractivity contribution >= 4 is 10.9 Å². The molecule has 0 saturated heterocycles. The van der Waals surface area contributed by atoms with Crippen LogP contribution >= 0.6 is 0 Å². The van der Waals surface area contributed by atoms with Gasteiger partial charge in [0.2, 0.25) is 0 Å². The topological polar surface area (TPSA) is 67.6 Å². The summed E-state index contributed by atoms with van der Waals surface area (Å²) in [5.41, 5.74) is -4.24. The van der Waals surface area contributed by atoms with Crippen LogP contribution in [0.2, 0.25) is 0 Å². The number of aromatic nitrogens is 3. The van der Waals surface area contributed by atoms with Gasteiger partial charge < -0.3 is 9.09 Å². The molecule has 2 heterocycles. The van der Waals surface area contributed by atoms with Gasteiger partial charge in [0.1, 0.15) is 0 Å². The fourth-order valence-electron chi connectivity index (χ4n) is 3.67. The number of nitriles is 1. The Hall–Kier alpha value is -3.95.